The van der Waals surface area contributed by atoms with E-state index in [4.69, 9.17) is 0 Å². The molecule has 0 spiro atoms. The van der Waals surface area contributed by atoms with E-state index in [0.29, 0.717) is 6.42 Å². The number of aromatic nitrogens is 2. The van der Waals surface area contributed by atoms with Crippen molar-refractivity contribution in [3.05, 3.63) is 75.0 Å². The van der Waals surface area contributed by atoms with Crippen LogP contribution in [0, 0.1) is 23.1 Å². The molecule has 2 atom stereocenters. The van der Waals surface area contributed by atoms with Gasteiger partial charge in [0.2, 0.25) is 10.0 Å². The number of allylic oxidation sites excluding steroid dienone is 1. The fourth-order valence-corrected chi connectivity index (χ4v) is 8.06. The minimum absolute atomic E-state index is 0.00724. The lowest BCUT2D eigenvalue weighted by atomic mass is 9.80. The molecule has 1 N–H and O–H groups in total. The zero-order chi connectivity index (χ0) is 25.6. The summed E-state index contributed by atoms with van der Waals surface area (Å²) in [6.45, 7) is 1.82. The van der Waals surface area contributed by atoms with Gasteiger partial charge in [-0.25, -0.2) is 22.3 Å². The van der Waals surface area contributed by atoms with Gasteiger partial charge in [0.05, 0.1) is 23.6 Å². The Kier molecular flexibility index (Phi) is 6.28. The number of carbonyl (C=O) groups is 1. The number of carboxylic acids is 1. The van der Waals surface area contributed by atoms with E-state index in [1.54, 1.807) is 12.1 Å². The maximum atomic E-state index is 13.4. The first-order valence-electron chi connectivity index (χ1n) is 11.4. The Bertz CT molecular complexity index is 1520. The van der Waals surface area contributed by atoms with E-state index in [2.05, 4.69) is 12.0 Å². The standard InChI is InChI=1S/C25H23FN4O4S2/c1-15-20-13-28-30(19-6-4-18(26)5-7-19)21(20)12-16-2-3-17(23(15)16)14-29(10-9-27)36(33,34)22-8-11-35-24(22)25(31)32/h4-8,11,13,15,17H,2-3,10,12,14H2,1H3,(H,31,32)/t15-,17+/m0/s1. The van der Waals surface area contributed by atoms with Crippen molar-refractivity contribution in [2.45, 2.75) is 37.0 Å². The molecule has 0 unspecified atom stereocenters. The Hall–Kier alpha value is -3.33. The van der Waals surface area contributed by atoms with Crippen LogP contribution in [0.1, 0.15) is 46.6 Å². The van der Waals surface area contributed by atoms with E-state index >= 15 is 0 Å². The van der Waals surface area contributed by atoms with Crippen LogP contribution in [-0.2, 0) is 16.4 Å². The highest BCUT2D eigenvalue weighted by molar-refractivity contribution is 7.89. The lowest BCUT2D eigenvalue weighted by molar-refractivity contribution is 0.0698. The number of aromatic carboxylic acids is 1. The summed E-state index contributed by atoms with van der Waals surface area (Å²) in [6.07, 6.45) is 4.03. The molecule has 5 rings (SSSR count). The van der Waals surface area contributed by atoms with Gasteiger partial charge in [-0.15, -0.1) is 11.3 Å². The van der Waals surface area contributed by atoms with Gasteiger partial charge in [0.15, 0.2) is 0 Å². The van der Waals surface area contributed by atoms with Gasteiger partial charge in [-0.1, -0.05) is 18.1 Å². The highest BCUT2D eigenvalue weighted by Gasteiger charge is 2.39. The van der Waals surface area contributed by atoms with Crippen LogP contribution in [0.4, 0.5) is 4.39 Å². The molecule has 0 radical (unpaired) electrons. The summed E-state index contributed by atoms with van der Waals surface area (Å²) in [4.78, 5) is 11.0. The molecule has 36 heavy (non-hydrogen) atoms. The van der Waals surface area contributed by atoms with E-state index in [1.165, 1.54) is 34.7 Å². The summed E-state index contributed by atoms with van der Waals surface area (Å²) < 4.78 is 43.1. The molecule has 2 aliphatic carbocycles. The normalized spacial score (nSPS) is 19.3. The van der Waals surface area contributed by atoms with Crippen molar-refractivity contribution < 1.29 is 22.7 Å². The molecular formula is C25H23FN4O4S2. The molecule has 11 heteroatoms. The molecule has 2 aromatic heterocycles. The van der Waals surface area contributed by atoms with E-state index in [1.807, 2.05) is 16.9 Å². The largest absolute Gasteiger partial charge is 0.477 e. The first kappa shape index (κ1) is 24.4. The van der Waals surface area contributed by atoms with Crippen LogP contribution in [0.5, 0.6) is 0 Å². The maximum Gasteiger partial charge on any atom is 0.347 e. The third kappa shape index (κ3) is 4.05. The molecular weight excluding hydrogens is 503 g/mol. The topological polar surface area (TPSA) is 116 Å². The molecule has 186 valence electrons. The number of carboxylic acid groups (broad SMARTS) is 1. The number of sulfonamides is 1. The fraction of sp³-hybridized carbons (Fsp3) is 0.320. The minimum atomic E-state index is -4.16. The molecule has 0 saturated heterocycles. The third-order valence-corrected chi connectivity index (χ3v) is 9.93. The Labute approximate surface area is 212 Å². The van der Waals surface area contributed by atoms with Crippen LogP contribution in [0.15, 0.2) is 58.0 Å². The van der Waals surface area contributed by atoms with Crippen molar-refractivity contribution in [2.24, 2.45) is 5.92 Å². The molecule has 8 nitrogen and oxygen atoms in total. The average molecular weight is 527 g/mol. The van der Waals surface area contributed by atoms with Crippen LogP contribution >= 0.6 is 11.3 Å². The lowest BCUT2D eigenvalue weighted by Crippen LogP contribution is -2.36. The van der Waals surface area contributed by atoms with Crippen molar-refractivity contribution in [3.8, 4) is 11.8 Å². The predicted molar refractivity (Wildman–Crippen MR) is 131 cm³/mol. The quantitative estimate of drug-likeness (QED) is 0.361. The lowest BCUT2D eigenvalue weighted by Gasteiger charge is -2.29. The van der Waals surface area contributed by atoms with E-state index < -0.39 is 16.0 Å². The van der Waals surface area contributed by atoms with Crippen molar-refractivity contribution in [1.82, 2.24) is 14.1 Å². The zero-order valence-corrected chi connectivity index (χ0v) is 21.0. The molecule has 0 bridgehead atoms. The van der Waals surface area contributed by atoms with E-state index in [0.717, 1.165) is 45.4 Å². The number of benzene rings is 1. The van der Waals surface area contributed by atoms with Gasteiger partial charge in [0.25, 0.3) is 0 Å². The number of hydrogen-bond donors (Lipinski definition) is 1. The van der Waals surface area contributed by atoms with Gasteiger partial charge >= 0.3 is 5.97 Å². The molecule has 2 aliphatic rings. The fourth-order valence-electron chi connectivity index (χ4n) is 5.44. The van der Waals surface area contributed by atoms with Crippen molar-refractivity contribution in [1.29, 1.82) is 5.26 Å². The molecule has 0 fully saturated rings. The number of fused-ring (bicyclic) bond motifs is 1. The van der Waals surface area contributed by atoms with Crippen LogP contribution in [0.3, 0.4) is 0 Å². The summed E-state index contributed by atoms with van der Waals surface area (Å²) in [5.74, 6) is -1.70. The molecule has 0 aliphatic heterocycles. The second kappa shape index (κ2) is 9.28. The maximum absolute atomic E-state index is 13.4. The summed E-state index contributed by atoms with van der Waals surface area (Å²) in [6, 6.07) is 9.40. The van der Waals surface area contributed by atoms with Crippen molar-refractivity contribution in [3.63, 3.8) is 0 Å². The van der Waals surface area contributed by atoms with Gasteiger partial charge in [-0.05, 0) is 54.5 Å². The number of halogens is 1. The molecule has 0 amide bonds. The van der Waals surface area contributed by atoms with Gasteiger partial charge in [0, 0.05) is 24.4 Å². The highest BCUT2D eigenvalue weighted by atomic mass is 32.2. The van der Waals surface area contributed by atoms with Gasteiger partial charge in [-0.3, -0.25) is 0 Å². The Balaban J connectivity index is 1.44. The SMILES string of the molecule is C[C@@H]1C2=C(CC[C@@H]2CN(CC#N)S(=O)(=O)c2ccsc2C(=O)O)Cc2c1cnn2-c1ccc(F)cc1. The Morgan fingerprint density at radius 1 is 1.33 bits per heavy atom. The monoisotopic (exact) mass is 526 g/mol. The minimum Gasteiger partial charge on any atom is -0.477 e. The Morgan fingerprint density at radius 2 is 2.08 bits per heavy atom. The van der Waals surface area contributed by atoms with Gasteiger partial charge < -0.3 is 5.11 Å². The molecule has 3 aromatic rings. The second-order valence-electron chi connectivity index (χ2n) is 9.00. The van der Waals surface area contributed by atoms with E-state index in [9.17, 15) is 28.0 Å². The van der Waals surface area contributed by atoms with Crippen LogP contribution in [-0.4, -0.2) is 46.7 Å². The van der Waals surface area contributed by atoms with Crippen LogP contribution in [0.2, 0.25) is 0 Å². The van der Waals surface area contributed by atoms with E-state index in [-0.39, 0.29) is 40.5 Å². The average Bonchev–Trinajstić information content (AvgIpc) is 3.58. The summed E-state index contributed by atoms with van der Waals surface area (Å²) >= 11 is 0.847. The number of hydrogen-bond acceptors (Lipinski definition) is 6. The van der Waals surface area contributed by atoms with Crippen LogP contribution in [0.25, 0.3) is 5.69 Å². The molecule has 0 saturated carbocycles. The number of rotatable bonds is 7. The number of nitrogens with zero attached hydrogens (tertiary/aromatic N) is 4. The second-order valence-corrected chi connectivity index (χ2v) is 11.8. The van der Waals surface area contributed by atoms with Crippen molar-refractivity contribution in [2.75, 3.05) is 13.1 Å². The summed E-state index contributed by atoms with van der Waals surface area (Å²) in [5, 5.41) is 24.8. The summed E-state index contributed by atoms with van der Waals surface area (Å²) in [7, 11) is -4.16. The number of nitriles is 1. The smallest absolute Gasteiger partial charge is 0.347 e. The van der Waals surface area contributed by atoms with Gasteiger partial charge in [-0.2, -0.15) is 14.7 Å². The first-order chi connectivity index (χ1) is 17.2. The van der Waals surface area contributed by atoms with Crippen LogP contribution < -0.4 is 0 Å². The molecule has 2 heterocycles. The third-order valence-electron chi connectivity index (χ3n) is 7.04. The summed E-state index contributed by atoms with van der Waals surface area (Å²) in [5.41, 5.74) is 5.27. The first-order valence-corrected chi connectivity index (χ1v) is 13.8. The molecule has 1 aromatic carbocycles. The van der Waals surface area contributed by atoms with Gasteiger partial charge in [0.1, 0.15) is 22.1 Å². The predicted octanol–water partition coefficient (Wildman–Crippen LogP) is 4.35. The van der Waals surface area contributed by atoms with Crippen molar-refractivity contribution >= 4 is 27.3 Å². The highest BCUT2D eigenvalue weighted by Crippen LogP contribution is 2.47. The number of thiophene rings is 1. The zero-order valence-electron chi connectivity index (χ0n) is 19.4. The Morgan fingerprint density at radius 3 is 2.78 bits per heavy atom.